The van der Waals surface area contributed by atoms with Gasteiger partial charge in [-0.05, 0) is 53.3 Å². The van der Waals surface area contributed by atoms with Crippen LogP contribution in [0.4, 0.5) is 0 Å². The first-order chi connectivity index (χ1) is 7.08. The molecule has 1 aliphatic rings. The number of hydrogen-bond acceptors (Lipinski definition) is 1. The summed E-state index contributed by atoms with van der Waals surface area (Å²) < 4.78 is 2.86. The number of carbonyl (C=O) groups is 1. The van der Waals surface area contributed by atoms with Crippen molar-refractivity contribution < 1.29 is 9.90 Å². The molecule has 82 valence electrons. The second kappa shape index (κ2) is 4.15. The van der Waals surface area contributed by atoms with Crippen molar-refractivity contribution in [2.45, 2.75) is 26.3 Å². The Kier molecular flexibility index (Phi) is 3.04. The molecule has 15 heavy (non-hydrogen) atoms. The molecule has 1 aromatic rings. The SMILES string of the molecule is CC(Cn1cc(I)cc1C(=O)O)C1CC1. The zero-order valence-corrected chi connectivity index (χ0v) is 10.8. The van der Waals surface area contributed by atoms with E-state index in [1.165, 1.54) is 12.8 Å². The van der Waals surface area contributed by atoms with Gasteiger partial charge in [0.15, 0.2) is 0 Å². The summed E-state index contributed by atoms with van der Waals surface area (Å²) in [5.41, 5.74) is 0.409. The highest BCUT2D eigenvalue weighted by Gasteiger charge is 2.28. The molecule has 0 radical (unpaired) electrons. The normalized spacial score (nSPS) is 17.7. The van der Waals surface area contributed by atoms with Gasteiger partial charge < -0.3 is 9.67 Å². The Balaban J connectivity index is 2.15. The minimum absolute atomic E-state index is 0.409. The van der Waals surface area contributed by atoms with Crippen LogP contribution in [0.5, 0.6) is 0 Å². The Morgan fingerprint density at radius 2 is 2.40 bits per heavy atom. The summed E-state index contributed by atoms with van der Waals surface area (Å²) in [6, 6.07) is 1.72. The number of hydrogen-bond donors (Lipinski definition) is 1. The van der Waals surface area contributed by atoms with Crippen LogP contribution in [0.2, 0.25) is 0 Å². The molecular weight excluding hydrogens is 305 g/mol. The van der Waals surface area contributed by atoms with Crippen molar-refractivity contribution >= 4 is 28.6 Å². The highest BCUT2D eigenvalue weighted by atomic mass is 127. The fourth-order valence-corrected chi connectivity index (χ4v) is 2.56. The van der Waals surface area contributed by atoms with Crippen molar-refractivity contribution in [1.29, 1.82) is 0 Å². The van der Waals surface area contributed by atoms with Gasteiger partial charge in [-0.15, -0.1) is 0 Å². The Morgan fingerprint density at radius 3 is 2.93 bits per heavy atom. The lowest BCUT2D eigenvalue weighted by molar-refractivity contribution is 0.0684. The third-order valence-corrected chi connectivity index (χ3v) is 3.58. The van der Waals surface area contributed by atoms with Crippen LogP contribution in [0.1, 0.15) is 30.3 Å². The summed E-state index contributed by atoms with van der Waals surface area (Å²) in [6.07, 6.45) is 4.53. The van der Waals surface area contributed by atoms with Crippen LogP contribution in [-0.4, -0.2) is 15.6 Å². The van der Waals surface area contributed by atoms with Crippen LogP contribution >= 0.6 is 22.6 Å². The van der Waals surface area contributed by atoms with Crippen molar-refractivity contribution in [2.75, 3.05) is 0 Å². The van der Waals surface area contributed by atoms with E-state index in [4.69, 9.17) is 5.11 Å². The number of carboxylic acid groups (broad SMARTS) is 1. The molecule has 1 aromatic heterocycles. The lowest BCUT2D eigenvalue weighted by Crippen LogP contribution is -2.13. The van der Waals surface area contributed by atoms with Gasteiger partial charge >= 0.3 is 5.97 Å². The van der Waals surface area contributed by atoms with Gasteiger partial charge in [-0.2, -0.15) is 0 Å². The van der Waals surface area contributed by atoms with Gasteiger partial charge in [0.2, 0.25) is 0 Å². The first kappa shape index (κ1) is 11.0. The van der Waals surface area contributed by atoms with Crippen LogP contribution in [0.15, 0.2) is 12.3 Å². The van der Waals surface area contributed by atoms with E-state index >= 15 is 0 Å². The molecule has 1 atom stereocenters. The topological polar surface area (TPSA) is 42.2 Å². The third kappa shape index (κ3) is 2.53. The molecule has 1 heterocycles. The molecule has 1 fully saturated rings. The lowest BCUT2D eigenvalue weighted by Gasteiger charge is -2.12. The Labute approximate surface area is 103 Å². The molecule has 0 saturated heterocycles. The van der Waals surface area contributed by atoms with Crippen LogP contribution in [0, 0.1) is 15.4 Å². The van der Waals surface area contributed by atoms with Gasteiger partial charge in [-0.25, -0.2) is 4.79 Å². The van der Waals surface area contributed by atoms with Gasteiger partial charge in [0.05, 0.1) is 0 Å². The van der Waals surface area contributed by atoms with E-state index in [0.717, 1.165) is 16.0 Å². The highest BCUT2D eigenvalue weighted by Crippen LogP contribution is 2.37. The molecule has 3 nitrogen and oxygen atoms in total. The quantitative estimate of drug-likeness (QED) is 0.867. The van der Waals surface area contributed by atoms with E-state index in [2.05, 4.69) is 29.5 Å². The van der Waals surface area contributed by atoms with E-state index in [9.17, 15) is 4.79 Å². The summed E-state index contributed by atoms with van der Waals surface area (Å²) in [5.74, 6) is 0.568. The first-order valence-corrected chi connectivity index (χ1v) is 6.24. The number of halogens is 1. The summed E-state index contributed by atoms with van der Waals surface area (Å²) in [4.78, 5) is 11.0. The zero-order valence-electron chi connectivity index (χ0n) is 8.61. The maximum absolute atomic E-state index is 11.0. The fourth-order valence-electron chi connectivity index (χ4n) is 1.93. The Bertz CT molecular complexity index is 382. The van der Waals surface area contributed by atoms with Crippen molar-refractivity contribution in [1.82, 2.24) is 4.57 Å². The number of aromatic nitrogens is 1. The van der Waals surface area contributed by atoms with Crippen LogP contribution in [-0.2, 0) is 6.54 Å². The van der Waals surface area contributed by atoms with Crippen molar-refractivity contribution in [2.24, 2.45) is 11.8 Å². The number of nitrogens with zero attached hydrogens (tertiary/aromatic N) is 1. The number of aromatic carboxylic acids is 1. The second-order valence-corrected chi connectivity index (χ2v) is 5.56. The van der Waals surface area contributed by atoms with Gasteiger partial charge in [0.25, 0.3) is 0 Å². The molecule has 0 amide bonds. The van der Waals surface area contributed by atoms with E-state index in [-0.39, 0.29) is 0 Å². The summed E-state index contributed by atoms with van der Waals surface area (Å²) >= 11 is 2.16. The molecule has 1 saturated carbocycles. The summed E-state index contributed by atoms with van der Waals surface area (Å²) in [7, 11) is 0. The number of rotatable bonds is 4. The number of carboxylic acids is 1. The van der Waals surface area contributed by atoms with E-state index in [1.807, 2.05) is 10.8 Å². The molecule has 4 heteroatoms. The molecule has 1 unspecified atom stereocenters. The van der Waals surface area contributed by atoms with Crippen LogP contribution < -0.4 is 0 Å². The first-order valence-electron chi connectivity index (χ1n) is 5.17. The average Bonchev–Trinajstić information content (AvgIpc) is 2.91. The molecule has 1 aliphatic carbocycles. The van der Waals surface area contributed by atoms with Crippen LogP contribution in [0.25, 0.3) is 0 Å². The third-order valence-electron chi connectivity index (χ3n) is 2.99. The molecule has 0 aliphatic heterocycles. The fraction of sp³-hybridized carbons (Fsp3) is 0.545. The van der Waals surface area contributed by atoms with Gasteiger partial charge in [0.1, 0.15) is 5.69 Å². The molecule has 2 rings (SSSR count). The van der Waals surface area contributed by atoms with Gasteiger partial charge in [-0.1, -0.05) is 6.92 Å². The van der Waals surface area contributed by atoms with Crippen molar-refractivity contribution in [3.8, 4) is 0 Å². The molecule has 0 bridgehead atoms. The van der Waals surface area contributed by atoms with E-state index < -0.39 is 5.97 Å². The standard InChI is InChI=1S/C11H14INO2/c1-7(8-2-3-8)5-13-6-9(12)4-10(13)11(14)15/h4,6-8H,2-3,5H2,1H3,(H,14,15). The minimum Gasteiger partial charge on any atom is -0.477 e. The minimum atomic E-state index is -0.832. The highest BCUT2D eigenvalue weighted by molar-refractivity contribution is 14.1. The predicted molar refractivity (Wildman–Crippen MR) is 66.0 cm³/mol. The van der Waals surface area contributed by atoms with Crippen molar-refractivity contribution in [3.63, 3.8) is 0 Å². The Morgan fingerprint density at radius 1 is 1.73 bits per heavy atom. The molecule has 0 aromatic carbocycles. The molecular formula is C11H14INO2. The van der Waals surface area contributed by atoms with E-state index in [1.54, 1.807) is 6.07 Å². The maximum Gasteiger partial charge on any atom is 0.352 e. The van der Waals surface area contributed by atoms with Gasteiger partial charge in [0, 0.05) is 16.3 Å². The predicted octanol–water partition coefficient (Wildman–Crippen LogP) is 2.84. The lowest BCUT2D eigenvalue weighted by atomic mass is 10.1. The Hall–Kier alpha value is -0.520. The molecule has 1 N–H and O–H groups in total. The smallest absolute Gasteiger partial charge is 0.352 e. The molecule has 0 spiro atoms. The summed E-state index contributed by atoms with van der Waals surface area (Å²) in [6.45, 7) is 3.03. The van der Waals surface area contributed by atoms with Crippen molar-refractivity contribution in [3.05, 3.63) is 21.5 Å². The van der Waals surface area contributed by atoms with Crippen LogP contribution in [0.3, 0.4) is 0 Å². The zero-order chi connectivity index (χ0) is 11.0. The summed E-state index contributed by atoms with van der Waals surface area (Å²) in [5, 5.41) is 9.02. The van der Waals surface area contributed by atoms with Gasteiger partial charge in [-0.3, -0.25) is 0 Å². The van der Waals surface area contributed by atoms with E-state index in [0.29, 0.717) is 11.6 Å². The average molecular weight is 319 g/mol. The monoisotopic (exact) mass is 319 g/mol. The maximum atomic E-state index is 11.0. The largest absolute Gasteiger partial charge is 0.477 e. The second-order valence-electron chi connectivity index (χ2n) is 4.32.